The van der Waals surface area contributed by atoms with Gasteiger partial charge in [-0.1, -0.05) is 51.1 Å². The number of hydrogen-bond donors (Lipinski definition) is 1. The summed E-state index contributed by atoms with van der Waals surface area (Å²) in [4.78, 5) is 17.2. The lowest BCUT2D eigenvalue weighted by Crippen LogP contribution is -2.30. The molecule has 0 radical (unpaired) electrons. The standard InChI is InChI=1S/C23H29FN4O3S2/c1-4-7-14-28-21-13-12-17(33(30,31)27(5-2)6-3)15-20(21)26-23(28)32-16-22(29)25-19-11-9-8-10-18(19)24/h8-13,15H,4-7,14,16H2,1-3H3,(H,25,29). The number of nitrogens with one attached hydrogen (secondary N) is 1. The van der Waals surface area contributed by atoms with Gasteiger partial charge in [-0.3, -0.25) is 4.79 Å². The molecule has 0 atom stereocenters. The lowest BCUT2D eigenvalue weighted by molar-refractivity contribution is -0.113. The van der Waals surface area contributed by atoms with Gasteiger partial charge in [-0.15, -0.1) is 0 Å². The Balaban J connectivity index is 1.87. The number of benzene rings is 2. The highest BCUT2D eigenvalue weighted by molar-refractivity contribution is 7.99. The highest BCUT2D eigenvalue weighted by Gasteiger charge is 2.23. The fourth-order valence-electron chi connectivity index (χ4n) is 3.48. The zero-order valence-electron chi connectivity index (χ0n) is 19.0. The van der Waals surface area contributed by atoms with Crippen LogP contribution in [0.5, 0.6) is 0 Å². The quantitative estimate of drug-likeness (QED) is 0.391. The maximum atomic E-state index is 13.8. The van der Waals surface area contributed by atoms with Crippen LogP contribution in [0.1, 0.15) is 33.6 Å². The first kappa shape index (κ1) is 25.2. The highest BCUT2D eigenvalue weighted by atomic mass is 32.2. The van der Waals surface area contributed by atoms with Gasteiger partial charge in [0, 0.05) is 19.6 Å². The van der Waals surface area contributed by atoms with Gasteiger partial charge in [0.2, 0.25) is 15.9 Å². The first-order chi connectivity index (χ1) is 15.8. The molecular weight excluding hydrogens is 463 g/mol. The Kier molecular flexibility index (Phi) is 8.50. The van der Waals surface area contributed by atoms with E-state index in [9.17, 15) is 17.6 Å². The maximum absolute atomic E-state index is 13.8. The van der Waals surface area contributed by atoms with E-state index in [-0.39, 0.29) is 22.2 Å². The second-order valence-corrected chi connectivity index (χ2v) is 10.3. The van der Waals surface area contributed by atoms with E-state index in [0.29, 0.717) is 30.3 Å². The molecule has 178 valence electrons. The Morgan fingerprint density at radius 3 is 2.55 bits per heavy atom. The summed E-state index contributed by atoms with van der Waals surface area (Å²) in [5, 5.41) is 3.20. The van der Waals surface area contributed by atoms with Crippen molar-refractivity contribution < 1.29 is 17.6 Å². The number of aromatic nitrogens is 2. The van der Waals surface area contributed by atoms with E-state index >= 15 is 0 Å². The van der Waals surface area contributed by atoms with E-state index in [1.54, 1.807) is 44.2 Å². The van der Waals surface area contributed by atoms with E-state index in [1.165, 1.54) is 28.2 Å². The summed E-state index contributed by atoms with van der Waals surface area (Å²) in [6.45, 7) is 7.18. The molecule has 3 aromatic rings. The summed E-state index contributed by atoms with van der Waals surface area (Å²) in [5.41, 5.74) is 1.52. The monoisotopic (exact) mass is 492 g/mol. The molecule has 0 spiro atoms. The van der Waals surface area contributed by atoms with Crippen molar-refractivity contribution in [2.45, 2.75) is 50.2 Å². The molecule has 0 bridgehead atoms. The van der Waals surface area contributed by atoms with Crippen LogP contribution in [-0.4, -0.2) is 47.0 Å². The average molecular weight is 493 g/mol. The van der Waals surface area contributed by atoms with E-state index in [0.717, 1.165) is 18.4 Å². The SMILES string of the molecule is CCCCn1c(SCC(=O)Nc2ccccc2F)nc2cc(S(=O)(=O)N(CC)CC)ccc21. The van der Waals surface area contributed by atoms with Gasteiger partial charge in [-0.25, -0.2) is 17.8 Å². The predicted molar refractivity (Wildman–Crippen MR) is 131 cm³/mol. The van der Waals surface area contributed by atoms with Gasteiger partial charge in [0.15, 0.2) is 5.16 Å². The third-order valence-electron chi connectivity index (χ3n) is 5.24. The summed E-state index contributed by atoms with van der Waals surface area (Å²) < 4.78 is 43.1. The number of unbranched alkanes of at least 4 members (excludes halogenated alkanes) is 1. The van der Waals surface area contributed by atoms with Crippen molar-refractivity contribution in [3.8, 4) is 0 Å². The molecule has 0 aliphatic rings. The summed E-state index contributed by atoms with van der Waals surface area (Å²) >= 11 is 1.24. The molecule has 1 N–H and O–H groups in total. The molecule has 0 aliphatic carbocycles. The molecule has 0 saturated heterocycles. The Bertz CT molecular complexity index is 1220. The van der Waals surface area contributed by atoms with Crippen LogP contribution in [0.2, 0.25) is 0 Å². The lowest BCUT2D eigenvalue weighted by Gasteiger charge is -2.18. The molecule has 3 rings (SSSR count). The second-order valence-electron chi connectivity index (χ2n) is 7.46. The minimum Gasteiger partial charge on any atom is -0.323 e. The van der Waals surface area contributed by atoms with Crippen molar-refractivity contribution in [2.75, 3.05) is 24.2 Å². The third-order valence-corrected chi connectivity index (χ3v) is 8.27. The van der Waals surface area contributed by atoms with Crippen molar-refractivity contribution >= 4 is 44.4 Å². The Morgan fingerprint density at radius 2 is 1.88 bits per heavy atom. The first-order valence-corrected chi connectivity index (χ1v) is 13.4. The number of imidazole rings is 1. The van der Waals surface area contributed by atoms with Gasteiger partial charge >= 0.3 is 0 Å². The van der Waals surface area contributed by atoms with Gasteiger partial charge in [-0.2, -0.15) is 4.31 Å². The van der Waals surface area contributed by atoms with Crippen LogP contribution in [0.4, 0.5) is 10.1 Å². The number of carbonyl (C=O) groups is 1. The molecular formula is C23H29FN4O3S2. The average Bonchev–Trinajstić information content (AvgIpc) is 3.15. The second kappa shape index (κ2) is 11.1. The number of hydrogen-bond acceptors (Lipinski definition) is 5. The van der Waals surface area contributed by atoms with Crippen LogP contribution >= 0.6 is 11.8 Å². The number of thioether (sulfide) groups is 1. The molecule has 1 heterocycles. The molecule has 0 unspecified atom stereocenters. The summed E-state index contributed by atoms with van der Waals surface area (Å²) in [6.07, 6.45) is 1.89. The molecule has 0 fully saturated rings. The van der Waals surface area contributed by atoms with Crippen molar-refractivity contribution in [2.24, 2.45) is 0 Å². The molecule has 2 aromatic carbocycles. The van der Waals surface area contributed by atoms with Gasteiger partial charge in [0.05, 0.1) is 27.4 Å². The molecule has 1 aromatic heterocycles. The fourth-order valence-corrected chi connectivity index (χ4v) is 5.80. The van der Waals surface area contributed by atoms with E-state index in [4.69, 9.17) is 0 Å². The van der Waals surface area contributed by atoms with Gasteiger partial charge in [0.25, 0.3) is 0 Å². The Labute approximate surface area is 198 Å². The zero-order valence-corrected chi connectivity index (χ0v) is 20.7. The number of amides is 1. The van der Waals surface area contributed by atoms with E-state index in [2.05, 4.69) is 17.2 Å². The van der Waals surface area contributed by atoms with Gasteiger partial charge in [0.1, 0.15) is 5.82 Å². The summed E-state index contributed by atoms with van der Waals surface area (Å²) in [7, 11) is -3.60. The molecule has 0 saturated carbocycles. The molecule has 1 amide bonds. The van der Waals surface area contributed by atoms with Gasteiger partial charge in [-0.05, 0) is 36.8 Å². The van der Waals surface area contributed by atoms with Crippen molar-refractivity contribution in [1.29, 1.82) is 0 Å². The maximum Gasteiger partial charge on any atom is 0.243 e. The number of halogens is 1. The first-order valence-electron chi connectivity index (χ1n) is 11.0. The molecule has 33 heavy (non-hydrogen) atoms. The zero-order chi connectivity index (χ0) is 24.0. The van der Waals surface area contributed by atoms with Crippen molar-refractivity contribution in [1.82, 2.24) is 13.9 Å². The minimum absolute atomic E-state index is 0.0500. The van der Waals surface area contributed by atoms with Crippen LogP contribution < -0.4 is 5.32 Å². The third kappa shape index (κ3) is 5.74. The van der Waals surface area contributed by atoms with Crippen LogP contribution in [0.3, 0.4) is 0 Å². The topological polar surface area (TPSA) is 84.3 Å². The number of fused-ring (bicyclic) bond motifs is 1. The number of nitrogens with zero attached hydrogens (tertiary/aromatic N) is 3. The number of rotatable bonds is 11. The van der Waals surface area contributed by atoms with Gasteiger partial charge < -0.3 is 9.88 Å². The van der Waals surface area contributed by atoms with E-state index in [1.807, 2.05) is 4.57 Å². The lowest BCUT2D eigenvalue weighted by atomic mass is 10.3. The molecule has 0 aliphatic heterocycles. The molecule has 7 nitrogen and oxygen atoms in total. The Hall–Kier alpha value is -2.43. The Morgan fingerprint density at radius 1 is 1.15 bits per heavy atom. The van der Waals surface area contributed by atoms with Crippen LogP contribution in [-0.2, 0) is 21.4 Å². The number of carbonyl (C=O) groups excluding carboxylic acids is 1. The van der Waals surface area contributed by atoms with E-state index < -0.39 is 15.8 Å². The number of anilines is 1. The van der Waals surface area contributed by atoms with Crippen molar-refractivity contribution in [3.63, 3.8) is 0 Å². The minimum atomic E-state index is -3.60. The number of aryl methyl sites for hydroxylation is 1. The van der Waals surface area contributed by atoms with Crippen LogP contribution in [0.25, 0.3) is 11.0 Å². The summed E-state index contributed by atoms with van der Waals surface area (Å²) in [6, 6.07) is 11.0. The summed E-state index contributed by atoms with van der Waals surface area (Å²) in [5.74, 6) is -0.786. The highest BCUT2D eigenvalue weighted by Crippen LogP contribution is 2.28. The predicted octanol–water partition coefficient (Wildman–Crippen LogP) is 4.74. The van der Waals surface area contributed by atoms with Crippen LogP contribution in [0, 0.1) is 5.82 Å². The number of para-hydroxylation sites is 1. The smallest absolute Gasteiger partial charge is 0.243 e. The normalized spacial score (nSPS) is 11.9. The van der Waals surface area contributed by atoms with Crippen molar-refractivity contribution in [3.05, 3.63) is 48.3 Å². The fraction of sp³-hybridized carbons (Fsp3) is 0.391. The van der Waals surface area contributed by atoms with Crippen LogP contribution in [0.15, 0.2) is 52.5 Å². The molecule has 10 heteroatoms. The number of sulfonamides is 1. The largest absolute Gasteiger partial charge is 0.323 e.